The van der Waals surface area contributed by atoms with Crippen LogP contribution in [0.1, 0.15) is 17.3 Å². The lowest BCUT2D eigenvalue weighted by Gasteiger charge is -2.15. The molecule has 0 fully saturated rings. The standard InChI is InChI=1S/C12H13BrClN3O/c1-17-12(10(18-2)6-16-17)11(15)7-3-4-9(14)8(13)5-7/h3-6,11H,15H2,1-2H3. The predicted octanol–water partition coefficient (Wildman–Crippen LogP) is 2.89. The van der Waals surface area contributed by atoms with Gasteiger partial charge in [-0.05, 0) is 33.6 Å². The third-order valence-corrected chi connectivity index (χ3v) is 3.98. The zero-order valence-electron chi connectivity index (χ0n) is 10.0. The van der Waals surface area contributed by atoms with Gasteiger partial charge < -0.3 is 10.5 Å². The molecule has 96 valence electrons. The number of nitrogens with two attached hydrogens (primary N) is 1. The Kier molecular flexibility index (Phi) is 3.94. The number of nitrogens with zero attached hydrogens (tertiary/aromatic N) is 2. The minimum Gasteiger partial charge on any atom is -0.493 e. The van der Waals surface area contributed by atoms with Gasteiger partial charge in [-0.1, -0.05) is 17.7 Å². The summed E-state index contributed by atoms with van der Waals surface area (Å²) in [5.41, 5.74) is 8.02. The maximum Gasteiger partial charge on any atom is 0.161 e. The smallest absolute Gasteiger partial charge is 0.161 e. The van der Waals surface area contributed by atoms with Gasteiger partial charge >= 0.3 is 0 Å². The Bertz CT molecular complexity index is 570. The van der Waals surface area contributed by atoms with Crippen molar-refractivity contribution in [2.24, 2.45) is 12.8 Å². The fraction of sp³-hybridized carbons (Fsp3) is 0.250. The largest absolute Gasteiger partial charge is 0.493 e. The number of hydrogen-bond acceptors (Lipinski definition) is 3. The quantitative estimate of drug-likeness (QED) is 0.941. The van der Waals surface area contributed by atoms with Crippen molar-refractivity contribution in [1.82, 2.24) is 9.78 Å². The Labute approximate surface area is 119 Å². The number of ether oxygens (including phenoxy) is 1. The highest BCUT2D eigenvalue weighted by atomic mass is 79.9. The molecule has 0 spiro atoms. The van der Waals surface area contributed by atoms with Gasteiger partial charge in [-0.2, -0.15) is 5.10 Å². The lowest BCUT2D eigenvalue weighted by atomic mass is 10.0. The van der Waals surface area contributed by atoms with Crippen molar-refractivity contribution in [2.45, 2.75) is 6.04 Å². The second-order valence-electron chi connectivity index (χ2n) is 3.87. The SMILES string of the molecule is COc1cnn(C)c1C(N)c1ccc(Cl)c(Br)c1. The Morgan fingerprint density at radius 2 is 2.22 bits per heavy atom. The van der Waals surface area contributed by atoms with Crippen LogP contribution in [0.25, 0.3) is 0 Å². The summed E-state index contributed by atoms with van der Waals surface area (Å²) in [7, 11) is 3.44. The summed E-state index contributed by atoms with van der Waals surface area (Å²) >= 11 is 9.36. The number of hydrogen-bond donors (Lipinski definition) is 1. The molecular formula is C12H13BrClN3O. The Balaban J connectivity index is 2.44. The molecule has 0 bridgehead atoms. The van der Waals surface area contributed by atoms with Crippen molar-refractivity contribution >= 4 is 27.5 Å². The predicted molar refractivity (Wildman–Crippen MR) is 74.9 cm³/mol. The van der Waals surface area contributed by atoms with E-state index in [0.717, 1.165) is 15.7 Å². The summed E-state index contributed by atoms with van der Waals surface area (Å²) in [5.74, 6) is 0.677. The molecule has 4 nitrogen and oxygen atoms in total. The lowest BCUT2D eigenvalue weighted by Crippen LogP contribution is -2.16. The topological polar surface area (TPSA) is 53.1 Å². The van der Waals surface area contributed by atoms with Crippen molar-refractivity contribution in [3.63, 3.8) is 0 Å². The van der Waals surface area contributed by atoms with E-state index in [1.54, 1.807) is 18.0 Å². The average molecular weight is 331 g/mol. The first-order chi connectivity index (χ1) is 8.54. The third-order valence-electron chi connectivity index (χ3n) is 2.77. The highest BCUT2D eigenvalue weighted by molar-refractivity contribution is 9.10. The van der Waals surface area contributed by atoms with Gasteiger partial charge in [0.05, 0.1) is 24.4 Å². The lowest BCUT2D eigenvalue weighted by molar-refractivity contribution is 0.406. The van der Waals surface area contributed by atoms with Gasteiger partial charge in [-0.25, -0.2) is 0 Å². The van der Waals surface area contributed by atoms with E-state index in [1.807, 2.05) is 25.2 Å². The first-order valence-electron chi connectivity index (χ1n) is 5.31. The van der Waals surface area contributed by atoms with Gasteiger partial charge in [-0.3, -0.25) is 4.68 Å². The third kappa shape index (κ3) is 2.39. The Morgan fingerprint density at radius 3 is 2.83 bits per heavy atom. The van der Waals surface area contributed by atoms with E-state index < -0.39 is 0 Å². The van der Waals surface area contributed by atoms with Gasteiger partial charge in [0.25, 0.3) is 0 Å². The summed E-state index contributed by atoms with van der Waals surface area (Å²) in [6.45, 7) is 0. The molecule has 0 amide bonds. The fourth-order valence-corrected chi connectivity index (χ4v) is 2.32. The summed E-state index contributed by atoms with van der Waals surface area (Å²) in [4.78, 5) is 0. The van der Waals surface area contributed by atoms with E-state index in [0.29, 0.717) is 10.8 Å². The van der Waals surface area contributed by atoms with Crippen LogP contribution in [0.4, 0.5) is 0 Å². The van der Waals surface area contributed by atoms with Crippen LogP contribution in [0.15, 0.2) is 28.9 Å². The molecule has 2 rings (SSSR count). The Hall–Kier alpha value is -1.04. The summed E-state index contributed by atoms with van der Waals surface area (Å²) < 4.78 is 7.79. The number of rotatable bonds is 3. The van der Waals surface area contributed by atoms with E-state index in [1.165, 1.54) is 0 Å². The van der Waals surface area contributed by atoms with E-state index in [9.17, 15) is 0 Å². The minimum atomic E-state index is -0.319. The van der Waals surface area contributed by atoms with Crippen molar-refractivity contribution < 1.29 is 4.74 Å². The normalized spacial score (nSPS) is 12.5. The molecule has 2 aromatic rings. The van der Waals surface area contributed by atoms with Crippen LogP contribution in [-0.2, 0) is 7.05 Å². The Morgan fingerprint density at radius 1 is 1.50 bits per heavy atom. The highest BCUT2D eigenvalue weighted by Gasteiger charge is 2.19. The van der Waals surface area contributed by atoms with Gasteiger partial charge in [0.1, 0.15) is 5.69 Å². The molecular weight excluding hydrogens is 318 g/mol. The molecule has 0 aliphatic heterocycles. The molecule has 1 aromatic heterocycles. The molecule has 0 radical (unpaired) electrons. The maximum atomic E-state index is 6.25. The number of halogens is 2. The first kappa shape index (κ1) is 13.4. The van der Waals surface area contributed by atoms with Gasteiger partial charge in [0.15, 0.2) is 5.75 Å². The number of aryl methyl sites for hydroxylation is 1. The van der Waals surface area contributed by atoms with Crippen molar-refractivity contribution in [2.75, 3.05) is 7.11 Å². The zero-order chi connectivity index (χ0) is 13.3. The van der Waals surface area contributed by atoms with Gasteiger partial charge in [0.2, 0.25) is 0 Å². The van der Waals surface area contributed by atoms with E-state index >= 15 is 0 Å². The number of methoxy groups -OCH3 is 1. The molecule has 1 aromatic carbocycles. The van der Waals surface area contributed by atoms with Crippen molar-refractivity contribution in [3.05, 3.63) is 45.1 Å². The van der Waals surface area contributed by atoms with E-state index in [-0.39, 0.29) is 6.04 Å². The second kappa shape index (κ2) is 5.30. The van der Waals surface area contributed by atoms with Crippen molar-refractivity contribution in [1.29, 1.82) is 0 Å². The van der Waals surface area contributed by atoms with E-state index in [2.05, 4.69) is 21.0 Å². The molecule has 0 saturated heterocycles. The molecule has 0 aliphatic carbocycles. The molecule has 6 heteroatoms. The van der Waals surface area contributed by atoms with Crippen molar-refractivity contribution in [3.8, 4) is 5.75 Å². The highest BCUT2D eigenvalue weighted by Crippen LogP contribution is 2.31. The van der Waals surface area contributed by atoms with Crippen LogP contribution in [0.2, 0.25) is 5.02 Å². The average Bonchev–Trinajstić information content (AvgIpc) is 2.73. The van der Waals surface area contributed by atoms with Crippen LogP contribution >= 0.6 is 27.5 Å². The van der Waals surface area contributed by atoms with E-state index in [4.69, 9.17) is 22.1 Å². The number of benzene rings is 1. The van der Waals surface area contributed by atoms with Crippen LogP contribution in [0.5, 0.6) is 5.75 Å². The summed E-state index contributed by atoms with van der Waals surface area (Å²) in [6.07, 6.45) is 1.65. The molecule has 1 unspecified atom stereocenters. The zero-order valence-corrected chi connectivity index (χ0v) is 12.4. The first-order valence-corrected chi connectivity index (χ1v) is 6.48. The molecule has 18 heavy (non-hydrogen) atoms. The summed E-state index contributed by atoms with van der Waals surface area (Å²) in [6, 6.07) is 5.29. The summed E-state index contributed by atoms with van der Waals surface area (Å²) in [5, 5.41) is 4.80. The minimum absolute atomic E-state index is 0.319. The number of aromatic nitrogens is 2. The van der Waals surface area contributed by atoms with Gasteiger partial charge in [-0.15, -0.1) is 0 Å². The maximum absolute atomic E-state index is 6.25. The second-order valence-corrected chi connectivity index (χ2v) is 5.13. The van der Waals surface area contributed by atoms with Crippen LogP contribution in [0, 0.1) is 0 Å². The molecule has 2 N–H and O–H groups in total. The van der Waals surface area contributed by atoms with Gasteiger partial charge in [0, 0.05) is 11.5 Å². The fourth-order valence-electron chi connectivity index (χ4n) is 1.80. The molecule has 1 heterocycles. The van der Waals surface area contributed by atoms with Crippen LogP contribution < -0.4 is 10.5 Å². The monoisotopic (exact) mass is 329 g/mol. The van der Waals surface area contributed by atoms with Crippen LogP contribution in [0.3, 0.4) is 0 Å². The van der Waals surface area contributed by atoms with Crippen LogP contribution in [-0.4, -0.2) is 16.9 Å². The molecule has 0 aliphatic rings. The molecule has 0 saturated carbocycles. The molecule has 1 atom stereocenters.